The van der Waals surface area contributed by atoms with Crippen molar-refractivity contribution in [3.8, 4) is 11.8 Å². The smallest absolute Gasteiger partial charge is 0.104 e. The Bertz CT molecular complexity index is 75.9. The van der Waals surface area contributed by atoms with Gasteiger partial charge < -0.3 is 5.11 Å². The molecule has 39 valence electrons. The van der Waals surface area contributed by atoms with Crippen molar-refractivity contribution in [3.05, 3.63) is 6.42 Å². The third kappa shape index (κ3) is 5.52. The van der Waals surface area contributed by atoms with Crippen molar-refractivity contribution in [2.75, 3.05) is 6.61 Å². The van der Waals surface area contributed by atoms with Crippen LogP contribution in [-0.2, 0) is 0 Å². The Balaban J connectivity index is 2.91. The van der Waals surface area contributed by atoms with Crippen LogP contribution in [-0.4, -0.2) is 11.7 Å². The second kappa shape index (κ2) is 5.52. The minimum Gasteiger partial charge on any atom is -0.384 e. The van der Waals surface area contributed by atoms with Crippen molar-refractivity contribution in [1.29, 1.82) is 0 Å². The minimum absolute atomic E-state index is 0.0200. The molecule has 0 spiro atoms. The van der Waals surface area contributed by atoms with Gasteiger partial charge in [-0.05, 0) is 6.42 Å². The van der Waals surface area contributed by atoms with Crippen molar-refractivity contribution >= 4 is 0 Å². The molecule has 0 aromatic heterocycles. The van der Waals surface area contributed by atoms with Gasteiger partial charge in [-0.25, -0.2) is 0 Å². The summed E-state index contributed by atoms with van der Waals surface area (Å²) in [7, 11) is 0. The van der Waals surface area contributed by atoms with Crippen LogP contribution in [0.15, 0.2) is 0 Å². The molecule has 0 fully saturated rings. The normalized spacial score (nSPS) is 7.14. The first-order valence-electron chi connectivity index (χ1n) is 2.26. The lowest BCUT2D eigenvalue weighted by atomic mass is 10.3. The third-order valence-corrected chi connectivity index (χ3v) is 0.510. The molecular formula is C6H9O. The highest BCUT2D eigenvalue weighted by atomic mass is 16.2. The van der Waals surface area contributed by atoms with E-state index in [9.17, 15) is 0 Å². The largest absolute Gasteiger partial charge is 0.384 e. The molecule has 0 aliphatic heterocycles. The Morgan fingerprint density at radius 2 is 2.29 bits per heavy atom. The van der Waals surface area contributed by atoms with Crippen LogP contribution >= 0.6 is 0 Å². The number of aliphatic hydroxyl groups is 1. The maximum absolute atomic E-state index is 8.11. The fourth-order valence-electron chi connectivity index (χ4n) is 0.230. The predicted octanol–water partition coefficient (Wildman–Crippen LogP) is 0.596. The molecule has 0 amide bonds. The molecule has 1 heteroatoms. The van der Waals surface area contributed by atoms with Gasteiger partial charge in [-0.2, -0.15) is 0 Å². The molecule has 0 aromatic rings. The van der Waals surface area contributed by atoms with E-state index in [1.165, 1.54) is 0 Å². The highest BCUT2D eigenvalue weighted by Gasteiger charge is 1.66. The van der Waals surface area contributed by atoms with Crippen LogP contribution in [0.3, 0.4) is 0 Å². The SMILES string of the molecule is C[CH]CC#CCO. The lowest BCUT2D eigenvalue weighted by Crippen LogP contribution is -1.70. The molecule has 1 N–H and O–H groups in total. The molecule has 1 nitrogen and oxygen atoms in total. The van der Waals surface area contributed by atoms with E-state index in [4.69, 9.17) is 5.11 Å². The summed E-state index contributed by atoms with van der Waals surface area (Å²) in [5.41, 5.74) is 0. The Labute approximate surface area is 44.4 Å². The lowest BCUT2D eigenvalue weighted by molar-refractivity contribution is 0.350. The fourth-order valence-corrected chi connectivity index (χ4v) is 0.230. The summed E-state index contributed by atoms with van der Waals surface area (Å²) in [6.45, 7) is 1.92. The molecule has 1 radical (unpaired) electrons. The Morgan fingerprint density at radius 1 is 1.57 bits per heavy atom. The van der Waals surface area contributed by atoms with Gasteiger partial charge in [0.2, 0.25) is 0 Å². The molecule has 0 saturated heterocycles. The van der Waals surface area contributed by atoms with Crippen molar-refractivity contribution in [3.63, 3.8) is 0 Å². The van der Waals surface area contributed by atoms with E-state index in [1.54, 1.807) is 0 Å². The molecular weight excluding hydrogens is 88.1 g/mol. The first-order chi connectivity index (χ1) is 3.41. The number of unbranched alkanes of at least 4 members (excludes halogenated alkanes) is 1. The van der Waals surface area contributed by atoms with Gasteiger partial charge >= 0.3 is 0 Å². The molecule has 0 aliphatic rings. The second-order valence-electron chi connectivity index (χ2n) is 1.12. The van der Waals surface area contributed by atoms with Gasteiger partial charge in [0.1, 0.15) is 6.61 Å². The maximum atomic E-state index is 8.11. The van der Waals surface area contributed by atoms with Gasteiger partial charge in [0, 0.05) is 6.42 Å². The summed E-state index contributed by atoms with van der Waals surface area (Å²) in [6, 6.07) is 0. The van der Waals surface area contributed by atoms with Gasteiger partial charge in [0.25, 0.3) is 0 Å². The topological polar surface area (TPSA) is 20.2 Å². The van der Waals surface area contributed by atoms with E-state index in [1.807, 2.05) is 13.3 Å². The standard InChI is InChI=1S/C6H9O/c1-2-3-4-5-6-7/h2,7H,3,6H2,1H3. The van der Waals surface area contributed by atoms with Crippen LogP contribution in [0.2, 0.25) is 0 Å². The Kier molecular flexibility index (Phi) is 5.14. The monoisotopic (exact) mass is 97.1 g/mol. The number of hydrogen-bond acceptors (Lipinski definition) is 1. The van der Waals surface area contributed by atoms with Crippen molar-refractivity contribution in [2.45, 2.75) is 13.3 Å². The van der Waals surface area contributed by atoms with Crippen LogP contribution < -0.4 is 0 Å². The third-order valence-electron chi connectivity index (χ3n) is 0.510. The van der Waals surface area contributed by atoms with E-state index in [0.29, 0.717) is 0 Å². The number of aliphatic hydroxyl groups excluding tert-OH is 1. The van der Waals surface area contributed by atoms with Gasteiger partial charge in [0.15, 0.2) is 0 Å². The summed E-state index contributed by atoms with van der Waals surface area (Å²) in [4.78, 5) is 0. The van der Waals surface area contributed by atoms with Crippen LogP contribution in [0.25, 0.3) is 0 Å². The Morgan fingerprint density at radius 3 is 2.71 bits per heavy atom. The van der Waals surface area contributed by atoms with Crippen molar-refractivity contribution in [2.24, 2.45) is 0 Å². The zero-order valence-electron chi connectivity index (χ0n) is 4.44. The summed E-state index contributed by atoms with van der Waals surface area (Å²) in [5.74, 6) is 5.25. The first kappa shape index (κ1) is 6.52. The van der Waals surface area contributed by atoms with Gasteiger partial charge in [-0.1, -0.05) is 12.8 Å². The van der Waals surface area contributed by atoms with Crippen LogP contribution in [0, 0.1) is 18.3 Å². The van der Waals surface area contributed by atoms with Crippen LogP contribution in [0.1, 0.15) is 13.3 Å². The molecule has 7 heavy (non-hydrogen) atoms. The molecule has 0 rings (SSSR count). The summed E-state index contributed by atoms with van der Waals surface area (Å²) in [6.07, 6.45) is 2.73. The highest BCUT2D eigenvalue weighted by molar-refractivity contribution is 5.00. The van der Waals surface area contributed by atoms with Crippen LogP contribution in [0.4, 0.5) is 0 Å². The fraction of sp³-hybridized carbons (Fsp3) is 0.500. The molecule has 0 bridgehead atoms. The van der Waals surface area contributed by atoms with Gasteiger partial charge in [-0.15, -0.1) is 5.92 Å². The number of rotatable bonds is 1. The summed E-state index contributed by atoms with van der Waals surface area (Å²) >= 11 is 0. The lowest BCUT2D eigenvalue weighted by Gasteiger charge is -1.73. The molecule has 0 saturated carbocycles. The van der Waals surface area contributed by atoms with Crippen molar-refractivity contribution in [1.82, 2.24) is 0 Å². The quantitative estimate of drug-likeness (QED) is 0.475. The zero-order valence-corrected chi connectivity index (χ0v) is 4.44. The summed E-state index contributed by atoms with van der Waals surface area (Å²) in [5, 5.41) is 8.11. The average Bonchev–Trinajstić information content (AvgIpc) is 1.69. The van der Waals surface area contributed by atoms with E-state index >= 15 is 0 Å². The average molecular weight is 97.1 g/mol. The zero-order chi connectivity index (χ0) is 5.54. The maximum Gasteiger partial charge on any atom is 0.104 e. The number of hydrogen-bond donors (Lipinski definition) is 1. The molecule has 0 aromatic carbocycles. The predicted molar refractivity (Wildman–Crippen MR) is 29.5 cm³/mol. The molecule has 0 heterocycles. The van der Waals surface area contributed by atoms with Crippen LogP contribution in [0.5, 0.6) is 0 Å². The highest BCUT2D eigenvalue weighted by Crippen LogP contribution is 1.77. The molecule has 0 unspecified atom stereocenters. The molecule has 0 aliphatic carbocycles. The van der Waals surface area contributed by atoms with E-state index in [2.05, 4.69) is 11.8 Å². The first-order valence-corrected chi connectivity index (χ1v) is 2.26. The summed E-state index contributed by atoms with van der Waals surface area (Å²) < 4.78 is 0. The van der Waals surface area contributed by atoms with E-state index in [-0.39, 0.29) is 6.61 Å². The molecule has 0 atom stereocenters. The van der Waals surface area contributed by atoms with Gasteiger partial charge in [-0.3, -0.25) is 0 Å². The van der Waals surface area contributed by atoms with E-state index in [0.717, 1.165) is 6.42 Å². The minimum atomic E-state index is -0.0200. The second-order valence-corrected chi connectivity index (χ2v) is 1.12. The Hall–Kier alpha value is -0.480. The van der Waals surface area contributed by atoms with Crippen molar-refractivity contribution < 1.29 is 5.11 Å². The van der Waals surface area contributed by atoms with Gasteiger partial charge in [0.05, 0.1) is 0 Å². The van der Waals surface area contributed by atoms with E-state index < -0.39 is 0 Å².